The molecule has 1 unspecified atom stereocenters. The van der Waals surface area contributed by atoms with Crippen LogP contribution in [0.5, 0.6) is 0 Å². The molecule has 0 saturated carbocycles. The number of rotatable bonds is 4. The molecule has 1 heteroatoms. The molecule has 0 aromatic carbocycles. The average molecular weight is 127 g/mol. The van der Waals surface area contributed by atoms with Gasteiger partial charge in [0.05, 0.1) is 0 Å². The summed E-state index contributed by atoms with van der Waals surface area (Å²) < 4.78 is 0. The minimum absolute atomic E-state index is 0.639. The van der Waals surface area contributed by atoms with Gasteiger partial charge in [-0.1, -0.05) is 6.92 Å². The predicted molar refractivity (Wildman–Crippen MR) is 42.0 cm³/mol. The summed E-state index contributed by atoms with van der Waals surface area (Å²) >= 11 is 0. The lowest BCUT2D eigenvalue weighted by molar-refractivity contribution is 0.248. The summed E-state index contributed by atoms with van der Waals surface area (Å²) in [4.78, 5) is 2.25. The van der Waals surface area contributed by atoms with Gasteiger partial charge in [0.2, 0.25) is 0 Å². The van der Waals surface area contributed by atoms with E-state index in [1.54, 1.807) is 0 Å². The number of hydrogen-bond acceptors (Lipinski definition) is 1. The zero-order chi connectivity index (χ0) is 7.28. The van der Waals surface area contributed by atoms with E-state index in [9.17, 15) is 0 Å². The second kappa shape index (κ2) is 4.80. The van der Waals surface area contributed by atoms with Gasteiger partial charge in [0.1, 0.15) is 0 Å². The van der Waals surface area contributed by atoms with E-state index in [1.807, 2.05) is 0 Å². The molecule has 0 bridgehead atoms. The maximum atomic E-state index is 3.81. The molecule has 0 spiro atoms. The molecule has 0 N–H and O–H groups in total. The topological polar surface area (TPSA) is 3.24 Å². The van der Waals surface area contributed by atoms with Crippen molar-refractivity contribution in [3.8, 4) is 0 Å². The van der Waals surface area contributed by atoms with Gasteiger partial charge in [0, 0.05) is 6.04 Å². The zero-order valence-electron chi connectivity index (χ0n) is 6.56. The number of hydrogen-bond donors (Lipinski definition) is 0. The molecule has 0 fully saturated rings. The molecule has 0 rings (SSSR count). The van der Waals surface area contributed by atoms with Gasteiger partial charge in [0.25, 0.3) is 0 Å². The van der Waals surface area contributed by atoms with Crippen molar-refractivity contribution < 1.29 is 0 Å². The Kier molecular flexibility index (Phi) is 4.78. The van der Waals surface area contributed by atoms with Crippen molar-refractivity contribution in [3.05, 3.63) is 13.8 Å². The van der Waals surface area contributed by atoms with Gasteiger partial charge in [-0.25, -0.2) is 0 Å². The lowest BCUT2D eigenvalue weighted by Gasteiger charge is -2.24. The summed E-state index contributed by atoms with van der Waals surface area (Å²) in [6.07, 6.45) is 1.19. The van der Waals surface area contributed by atoms with Crippen LogP contribution in [0.1, 0.15) is 20.3 Å². The van der Waals surface area contributed by atoms with Crippen LogP contribution in [0.3, 0.4) is 0 Å². The van der Waals surface area contributed by atoms with Crippen LogP contribution < -0.4 is 0 Å². The molecular formula is C8H17N. The summed E-state index contributed by atoms with van der Waals surface area (Å²) in [6, 6.07) is 0.639. The molecule has 0 amide bonds. The molecular weight excluding hydrogens is 110 g/mol. The van der Waals surface area contributed by atoms with E-state index in [-0.39, 0.29) is 0 Å². The van der Waals surface area contributed by atoms with E-state index in [0.717, 1.165) is 13.1 Å². The average Bonchev–Trinajstić information content (AvgIpc) is 1.90. The number of nitrogens with zero attached hydrogens (tertiary/aromatic N) is 1. The van der Waals surface area contributed by atoms with Gasteiger partial charge in [-0.3, -0.25) is 0 Å². The third-order valence-corrected chi connectivity index (χ3v) is 1.79. The maximum Gasteiger partial charge on any atom is 0.00643 e. The van der Waals surface area contributed by atoms with Crippen molar-refractivity contribution in [2.45, 2.75) is 26.3 Å². The molecule has 0 aliphatic carbocycles. The second-order valence-corrected chi connectivity index (χ2v) is 2.29. The Bertz CT molecular complexity index is 57.6. The molecule has 0 aromatic heterocycles. The van der Waals surface area contributed by atoms with Crippen LogP contribution in [0, 0.1) is 13.8 Å². The van der Waals surface area contributed by atoms with Gasteiger partial charge in [-0.05, 0) is 40.3 Å². The summed E-state index contributed by atoms with van der Waals surface area (Å²) in [5.74, 6) is 0. The monoisotopic (exact) mass is 127 g/mol. The Morgan fingerprint density at radius 1 is 1.33 bits per heavy atom. The van der Waals surface area contributed by atoms with Gasteiger partial charge < -0.3 is 4.90 Å². The molecule has 0 aromatic rings. The Balaban J connectivity index is 3.50. The first kappa shape index (κ1) is 8.96. The van der Waals surface area contributed by atoms with E-state index in [4.69, 9.17) is 0 Å². The third-order valence-electron chi connectivity index (χ3n) is 1.79. The summed E-state index contributed by atoms with van der Waals surface area (Å²) in [5, 5.41) is 0. The van der Waals surface area contributed by atoms with E-state index >= 15 is 0 Å². The molecule has 0 saturated heterocycles. The molecule has 0 heterocycles. The Morgan fingerprint density at radius 3 is 1.89 bits per heavy atom. The van der Waals surface area contributed by atoms with E-state index < -0.39 is 0 Å². The van der Waals surface area contributed by atoms with E-state index in [2.05, 4.69) is 32.6 Å². The first-order chi connectivity index (χ1) is 4.26. The highest BCUT2D eigenvalue weighted by atomic mass is 15.1. The molecule has 9 heavy (non-hydrogen) atoms. The highest BCUT2D eigenvalue weighted by Crippen LogP contribution is 2.00. The first-order valence-electron chi connectivity index (χ1n) is 3.58. The van der Waals surface area contributed by atoms with Gasteiger partial charge in [-0.2, -0.15) is 0 Å². The first-order valence-corrected chi connectivity index (χ1v) is 3.58. The smallest absolute Gasteiger partial charge is 0.00643 e. The van der Waals surface area contributed by atoms with Gasteiger partial charge in [-0.15, -0.1) is 0 Å². The Morgan fingerprint density at radius 2 is 1.78 bits per heavy atom. The zero-order valence-corrected chi connectivity index (χ0v) is 6.56. The van der Waals surface area contributed by atoms with Crippen LogP contribution in [0.15, 0.2) is 0 Å². The van der Waals surface area contributed by atoms with Crippen LogP contribution in [0.2, 0.25) is 0 Å². The Hall–Kier alpha value is -0.0400. The molecule has 2 radical (unpaired) electrons. The quantitative estimate of drug-likeness (QED) is 0.556. The molecule has 54 valence electrons. The fourth-order valence-corrected chi connectivity index (χ4v) is 0.811. The van der Waals surface area contributed by atoms with Crippen molar-refractivity contribution in [1.82, 2.24) is 4.90 Å². The summed E-state index contributed by atoms with van der Waals surface area (Å²) in [5.41, 5.74) is 0. The van der Waals surface area contributed by atoms with Crippen molar-refractivity contribution in [2.75, 3.05) is 13.1 Å². The molecule has 1 nitrogen and oxygen atoms in total. The van der Waals surface area contributed by atoms with Crippen molar-refractivity contribution in [3.63, 3.8) is 0 Å². The fraction of sp³-hybridized carbons (Fsp3) is 0.750. The van der Waals surface area contributed by atoms with Crippen molar-refractivity contribution in [1.29, 1.82) is 0 Å². The van der Waals surface area contributed by atoms with E-state index in [1.165, 1.54) is 6.42 Å². The van der Waals surface area contributed by atoms with Crippen LogP contribution in [0.4, 0.5) is 0 Å². The predicted octanol–water partition coefficient (Wildman–Crippen LogP) is 1.76. The second-order valence-electron chi connectivity index (χ2n) is 2.29. The minimum Gasteiger partial charge on any atom is -0.301 e. The minimum atomic E-state index is 0.639. The molecule has 0 aliphatic heterocycles. The highest BCUT2D eigenvalue weighted by molar-refractivity contribution is 4.66. The Labute approximate surface area is 59.1 Å². The summed E-state index contributed by atoms with van der Waals surface area (Å²) in [7, 11) is 0. The maximum absolute atomic E-state index is 3.81. The van der Waals surface area contributed by atoms with Crippen molar-refractivity contribution in [2.24, 2.45) is 0 Å². The van der Waals surface area contributed by atoms with E-state index in [0.29, 0.717) is 6.04 Å². The SMILES string of the molecule is [CH2]CN(C[CH2])C(C)CC. The lowest BCUT2D eigenvalue weighted by atomic mass is 10.2. The normalized spacial score (nSPS) is 14.3. The van der Waals surface area contributed by atoms with Crippen LogP contribution >= 0.6 is 0 Å². The largest absolute Gasteiger partial charge is 0.301 e. The van der Waals surface area contributed by atoms with Gasteiger partial charge >= 0.3 is 0 Å². The lowest BCUT2D eigenvalue weighted by Crippen LogP contribution is -2.32. The van der Waals surface area contributed by atoms with Gasteiger partial charge in [0.15, 0.2) is 0 Å². The van der Waals surface area contributed by atoms with Crippen LogP contribution in [-0.4, -0.2) is 24.0 Å². The fourth-order valence-electron chi connectivity index (χ4n) is 0.811. The summed E-state index contributed by atoms with van der Waals surface area (Å²) in [6.45, 7) is 13.8. The van der Waals surface area contributed by atoms with Crippen LogP contribution in [-0.2, 0) is 0 Å². The molecule has 0 aliphatic rings. The highest BCUT2D eigenvalue weighted by Gasteiger charge is 2.05. The standard InChI is InChI=1S/C8H17N/c1-5-8(4)9(6-2)7-3/h8H,2-3,5-7H2,1,4H3. The van der Waals surface area contributed by atoms with Crippen LogP contribution in [0.25, 0.3) is 0 Å². The molecule has 1 atom stereocenters. The third kappa shape index (κ3) is 2.85. The van der Waals surface area contributed by atoms with Crippen molar-refractivity contribution >= 4 is 0 Å².